The molecule has 1 aliphatic heterocycles. The molecule has 1 saturated heterocycles. The fourth-order valence-electron chi connectivity index (χ4n) is 6.13. The molecule has 3 aromatic rings. The van der Waals surface area contributed by atoms with Crippen LogP contribution in [0.1, 0.15) is 81.0 Å². The van der Waals surface area contributed by atoms with Crippen LogP contribution in [0, 0.1) is 0 Å². The summed E-state index contributed by atoms with van der Waals surface area (Å²) in [7, 11) is 2.20. The van der Waals surface area contributed by atoms with Crippen LogP contribution in [0.4, 0.5) is 0 Å². The van der Waals surface area contributed by atoms with Gasteiger partial charge < -0.3 is 0 Å². The number of hydrogen-bond donors (Lipinski definition) is 0. The summed E-state index contributed by atoms with van der Waals surface area (Å²) in [4.78, 5) is 2.39. The van der Waals surface area contributed by atoms with Crippen molar-refractivity contribution < 1.29 is 4.74 Å². The van der Waals surface area contributed by atoms with Gasteiger partial charge in [0.25, 0.3) is 0 Å². The number of benzene rings is 3. The van der Waals surface area contributed by atoms with Gasteiger partial charge in [-0.3, -0.25) is 0 Å². The Morgan fingerprint density at radius 3 is 2.03 bits per heavy atom. The number of hydrogen-bond acceptors (Lipinski definition) is 2. The quantitative estimate of drug-likeness (QED) is 0.178. The van der Waals surface area contributed by atoms with Crippen LogP contribution in [0.15, 0.2) is 85.4 Å². The molecule has 0 bridgehead atoms. The van der Waals surface area contributed by atoms with Crippen molar-refractivity contribution in [3.8, 4) is 0 Å². The molecule has 38 heavy (non-hydrogen) atoms. The first kappa shape index (κ1) is 29.1. The van der Waals surface area contributed by atoms with Crippen LogP contribution in [0.25, 0.3) is 6.08 Å². The summed E-state index contributed by atoms with van der Waals surface area (Å²) in [6, 6.07) is 29.9. The summed E-state index contributed by atoms with van der Waals surface area (Å²) in [5.41, 5.74) is 5.23. The zero-order valence-corrected chi connectivity index (χ0v) is 26.9. The third kappa shape index (κ3) is 6.81. The van der Waals surface area contributed by atoms with Crippen LogP contribution < -0.4 is 3.58 Å². The van der Waals surface area contributed by atoms with E-state index < -0.39 is 18.4 Å². The maximum absolute atomic E-state index is 6.67. The van der Waals surface area contributed by atoms with Crippen molar-refractivity contribution >= 4 is 28.0 Å². The van der Waals surface area contributed by atoms with Crippen LogP contribution in [0.2, 0.25) is 13.3 Å². The molecule has 0 aliphatic carbocycles. The standard InChI is InChI=1S/C17H18NO.C10H11.2C4H9.Sn/c1-13-16(14-9-5-3-6-10-14)19-17(18(13)2)15-11-7-4-8-12-15;1-3-9-5-7-10(4-2)8-6-9;2*1-3-4-2;/h3,5-13,16-17H,1-2H3;3,5-8H,1-2,4H2;2*1,3-4H2,2H3;/t13-,16+,17?;;;;/m0..../s1. The average Bonchev–Trinajstić information content (AvgIpc) is 3.27. The average molecular weight is 616 g/mol. The molecule has 1 unspecified atom stereocenters. The SMILES string of the molecule is C=Cc1ccc(C[CH2][Sn]([CH2]CCC)([CH2]CCC)[c]2ccc(C3O[C@@H](c4ccccc4)[C@H](C)N3C)cc2)cc1. The van der Waals surface area contributed by atoms with Crippen molar-refractivity contribution in [3.05, 3.63) is 108 Å². The monoisotopic (exact) mass is 617 g/mol. The predicted octanol–water partition coefficient (Wildman–Crippen LogP) is 8.92. The topological polar surface area (TPSA) is 12.5 Å². The van der Waals surface area contributed by atoms with Crippen LogP contribution in [0.5, 0.6) is 0 Å². The first-order valence-corrected chi connectivity index (χ1v) is 22.2. The zero-order chi connectivity index (χ0) is 27.0. The molecule has 3 heteroatoms. The summed E-state index contributed by atoms with van der Waals surface area (Å²) in [6.45, 7) is 10.9. The third-order valence-corrected chi connectivity index (χ3v) is 24.2. The first-order chi connectivity index (χ1) is 18.5. The number of likely N-dealkylation sites (N-methyl/N-ethyl adjacent to an activating group) is 1. The molecule has 1 aliphatic rings. The van der Waals surface area contributed by atoms with E-state index in [0.717, 1.165) is 0 Å². The van der Waals surface area contributed by atoms with E-state index in [9.17, 15) is 0 Å². The van der Waals surface area contributed by atoms with Crippen molar-refractivity contribution in [2.75, 3.05) is 7.05 Å². The van der Waals surface area contributed by atoms with Crippen LogP contribution in [0.3, 0.4) is 0 Å². The predicted molar refractivity (Wildman–Crippen MR) is 167 cm³/mol. The summed E-state index contributed by atoms with van der Waals surface area (Å²) < 4.78 is 12.7. The van der Waals surface area contributed by atoms with Gasteiger partial charge in [0.05, 0.1) is 0 Å². The molecule has 3 atom stereocenters. The maximum atomic E-state index is 6.67. The Bertz CT molecular complexity index is 1120. The van der Waals surface area contributed by atoms with Crippen molar-refractivity contribution in [1.82, 2.24) is 4.90 Å². The van der Waals surface area contributed by atoms with Crippen molar-refractivity contribution in [3.63, 3.8) is 0 Å². The van der Waals surface area contributed by atoms with Gasteiger partial charge in [0, 0.05) is 0 Å². The van der Waals surface area contributed by atoms with E-state index in [0.29, 0.717) is 6.04 Å². The van der Waals surface area contributed by atoms with Crippen molar-refractivity contribution in [1.29, 1.82) is 0 Å². The number of unbranched alkanes of at least 4 members (excludes halogenated alkanes) is 2. The van der Waals surface area contributed by atoms with Gasteiger partial charge in [-0.15, -0.1) is 0 Å². The first-order valence-electron chi connectivity index (χ1n) is 14.8. The second kappa shape index (κ2) is 14.0. The molecule has 0 spiro atoms. The Kier molecular flexibility index (Phi) is 10.7. The van der Waals surface area contributed by atoms with Crippen molar-refractivity contribution in [2.24, 2.45) is 0 Å². The number of rotatable bonds is 13. The molecule has 4 rings (SSSR count). The van der Waals surface area contributed by atoms with Crippen LogP contribution in [-0.4, -0.2) is 36.4 Å². The molecule has 0 aromatic heterocycles. The van der Waals surface area contributed by atoms with E-state index in [1.807, 2.05) is 6.08 Å². The minimum atomic E-state index is -2.61. The third-order valence-electron chi connectivity index (χ3n) is 8.79. The van der Waals surface area contributed by atoms with E-state index in [-0.39, 0.29) is 12.3 Å². The summed E-state index contributed by atoms with van der Waals surface area (Å²) in [5, 5.41) is 0. The molecule has 3 aromatic carbocycles. The molecule has 1 heterocycles. The van der Waals surface area contributed by atoms with Gasteiger partial charge >= 0.3 is 237 Å². The van der Waals surface area contributed by atoms with Crippen LogP contribution in [-0.2, 0) is 11.2 Å². The van der Waals surface area contributed by atoms with Crippen LogP contribution >= 0.6 is 0 Å². The molecular weight excluding hydrogens is 569 g/mol. The van der Waals surface area contributed by atoms with Gasteiger partial charge in [-0.25, -0.2) is 0 Å². The zero-order valence-electron chi connectivity index (χ0n) is 24.0. The Morgan fingerprint density at radius 1 is 0.816 bits per heavy atom. The molecular formula is C35H47NOSn. The van der Waals surface area contributed by atoms with E-state index in [1.165, 1.54) is 67.7 Å². The normalized spacial score (nSPS) is 20.1. The van der Waals surface area contributed by atoms with Gasteiger partial charge in [0.1, 0.15) is 0 Å². The summed E-state index contributed by atoms with van der Waals surface area (Å²) >= 11 is -2.61. The molecule has 0 amide bonds. The van der Waals surface area contributed by atoms with Gasteiger partial charge in [0.2, 0.25) is 0 Å². The fraction of sp³-hybridized carbons (Fsp3) is 0.429. The molecule has 1 fully saturated rings. The van der Waals surface area contributed by atoms with Crippen molar-refractivity contribution in [2.45, 2.75) is 84.6 Å². The molecule has 2 nitrogen and oxygen atoms in total. The van der Waals surface area contributed by atoms with E-state index in [1.54, 1.807) is 3.58 Å². The molecule has 202 valence electrons. The fourth-order valence-corrected chi connectivity index (χ4v) is 21.3. The minimum absolute atomic E-state index is 0.00325. The molecule has 0 N–H and O–H groups in total. The van der Waals surface area contributed by atoms with Gasteiger partial charge in [-0.2, -0.15) is 0 Å². The summed E-state index contributed by atoms with van der Waals surface area (Å²) in [6.07, 6.45) is 8.55. The second-order valence-electron chi connectivity index (χ2n) is 11.3. The Hall–Kier alpha value is -1.88. The Labute approximate surface area is 236 Å². The molecule has 0 saturated carbocycles. The van der Waals surface area contributed by atoms with E-state index in [4.69, 9.17) is 4.74 Å². The Morgan fingerprint density at radius 2 is 1.45 bits per heavy atom. The number of nitrogens with zero attached hydrogens (tertiary/aromatic N) is 1. The molecule has 0 radical (unpaired) electrons. The number of ether oxygens (including phenoxy) is 1. The van der Waals surface area contributed by atoms with E-state index in [2.05, 4.69) is 118 Å². The summed E-state index contributed by atoms with van der Waals surface area (Å²) in [5.74, 6) is 0. The second-order valence-corrected chi connectivity index (χ2v) is 24.5. The van der Waals surface area contributed by atoms with E-state index >= 15 is 0 Å². The van der Waals surface area contributed by atoms with Gasteiger partial charge in [-0.1, -0.05) is 0 Å². The van der Waals surface area contributed by atoms with Gasteiger partial charge in [0.15, 0.2) is 0 Å². The van der Waals surface area contributed by atoms with Gasteiger partial charge in [-0.05, 0) is 0 Å². The number of aryl methyl sites for hydroxylation is 1. The Balaban J connectivity index is 1.57.